The number of amides is 1. The highest BCUT2D eigenvalue weighted by atomic mass is 16.5. The SMILES string of the molecule is CCOC(=O)CNC(=O)CN1CCC(Cn2c(COc3ccccc3)nc3ccccc32)CC1. The maximum atomic E-state index is 12.2. The number of imidazole rings is 1. The number of para-hydroxylation sites is 3. The Morgan fingerprint density at radius 2 is 1.79 bits per heavy atom. The number of carbonyl (C=O) groups excluding carboxylic acids is 2. The van der Waals surface area contributed by atoms with E-state index in [9.17, 15) is 9.59 Å². The Hall–Kier alpha value is -3.39. The zero-order chi connectivity index (χ0) is 23.8. The van der Waals surface area contributed by atoms with Crippen LogP contribution in [0.15, 0.2) is 54.6 Å². The van der Waals surface area contributed by atoms with Gasteiger partial charge in [-0.15, -0.1) is 0 Å². The topological polar surface area (TPSA) is 85.7 Å². The zero-order valence-electron chi connectivity index (χ0n) is 19.6. The lowest BCUT2D eigenvalue weighted by Crippen LogP contribution is -2.43. The lowest BCUT2D eigenvalue weighted by atomic mass is 9.96. The molecular weight excluding hydrogens is 432 g/mol. The second-order valence-electron chi connectivity index (χ2n) is 8.53. The van der Waals surface area contributed by atoms with Crippen LogP contribution in [0.1, 0.15) is 25.6 Å². The van der Waals surface area contributed by atoms with Gasteiger partial charge in [-0.05, 0) is 63.0 Å². The van der Waals surface area contributed by atoms with E-state index in [0.717, 1.165) is 55.1 Å². The van der Waals surface area contributed by atoms with Crippen LogP contribution in [0.5, 0.6) is 5.75 Å². The number of benzene rings is 2. The van der Waals surface area contributed by atoms with E-state index in [4.69, 9.17) is 14.5 Å². The fourth-order valence-electron chi connectivity index (χ4n) is 4.33. The van der Waals surface area contributed by atoms with Gasteiger partial charge in [0.1, 0.15) is 24.7 Å². The van der Waals surface area contributed by atoms with Crippen LogP contribution in [0, 0.1) is 5.92 Å². The van der Waals surface area contributed by atoms with Gasteiger partial charge in [-0.25, -0.2) is 4.98 Å². The van der Waals surface area contributed by atoms with Gasteiger partial charge in [0.15, 0.2) is 0 Å². The Morgan fingerprint density at radius 1 is 1.06 bits per heavy atom. The molecule has 0 radical (unpaired) electrons. The molecule has 0 atom stereocenters. The number of nitrogens with one attached hydrogen (secondary N) is 1. The van der Waals surface area contributed by atoms with Crippen molar-refractivity contribution in [3.05, 3.63) is 60.4 Å². The van der Waals surface area contributed by atoms with Crippen LogP contribution in [-0.2, 0) is 27.5 Å². The molecule has 0 unspecified atom stereocenters. The second-order valence-corrected chi connectivity index (χ2v) is 8.53. The molecule has 1 aromatic heterocycles. The number of rotatable bonds is 10. The molecule has 8 heteroatoms. The summed E-state index contributed by atoms with van der Waals surface area (Å²) in [5, 5.41) is 2.64. The van der Waals surface area contributed by atoms with E-state index in [0.29, 0.717) is 25.7 Å². The molecule has 0 spiro atoms. The third kappa shape index (κ3) is 6.35. The van der Waals surface area contributed by atoms with E-state index in [2.05, 4.69) is 20.9 Å². The van der Waals surface area contributed by atoms with Crippen molar-refractivity contribution in [1.82, 2.24) is 19.8 Å². The highest BCUT2D eigenvalue weighted by molar-refractivity contribution is 5.83. The van der Waals surface area contributed by atoms with E-state index >= 15 is 0 Å². The molecule has 1 saturated heterocycles. The number of piperidine rings is 1. The number of hydrogen-bond acceptors (Lipinski definition) is 6. The van der Waals surface area contributed by atoms with Gasteiger partial charge >= 0.3 is 5.97 Å². The summed E-state index contributed by atoms with van der Waals surface area (Å²) < 4.78 is 13.1. The molecule has 0 bridgehead atoms. The predicted octanol–water partition coefficient (Wildman–Crippen LogP) is 3.01. The molecule has 34 heavy (non-hydrogen) atoms. The van der Waals surface area contributed by atoms with Crippen molar-refractivity contribution in [2.75, 3.05) is 32.8 Å². The first-order chi connectivity index (χ1) is 16.6. The van der Waals surface area contributed by atoms with Gasteiger partial charge in [0.05, 0.1) is 24.2 Å². The monoisotopic (exact) mass is 464 g/mol. The van der Waals surface area contributed by atoms with Crippen LogP contribution >= 0.6 is 0 Å². The Morgan fingerprint density at radius 3 is 2.56 bits per heavy atom. The molecule has 1 fully saturated rings. The summed E-state index contributed by atoms with van der Waals surface area (Å²) >= 11 is 0. The van der Waals surface area contributed by atoms with Crippen molar-refractivity contribution in [3.8, 4) is 5.75 Å². The van der Waals surface area contributed by atoms with Gasteiger partial charge in [-0.2, -0.15) is 0 Å². The molecule has 1 aliphatic rings. The molecule has 1 aliphatic heterocycles. The lowest BCUT2D eigenvalue weighted by molar-refractivity contribution is -0.143. The molecule has 8 nitrogen and oxygen atoms in total. The zero-order valence-corrected chi connectivity index (χ0v) is 19.6. The van der Waals surface area contributed by atoms with Gasteiger partial charge in [-0.1, -0.05) is 30.3 Å². The number of fused-ring (bicyclic) bond motifs is 1. The predicted molar refractivity (Wildman–Crippen MR) is 129 cm³/mol. The van der Waals surface area contributed by atoms with Crippen LogP contribution in [0.4, 0.5) is 0 Å². The maximum absolute atomic E-state index is 12.2. The van der Waals surface area contributed by atoms with Gasteiger partial charge in [0.25, 0.3) is 0 Å². The number of aromatic nitrogens is 2. The molecular formula is C26H32N4O4. The quantitative estimate of drug-likeness (QED) is 0.464. The molecule has 2 aromatic carbocycles. The number of carbonyl (C=O) groups is 2. The van der Waals surface area contributed by atoms with Gasteiger partial charge < -0.3 is 19.4 Å². The van der Waals surface area contributed by atoms with Crippen LogP contribution < -0.4 is 10.1 Å². The van der Waals surface area contributed by atoms with Crippen molar-refractivity contribution in [2.24, 2.45) is 5.92 Å². The van der Waals surface area contributed by atoms with Crippen molar-refractivity contribution in [3.63, 3.8) is 0 Å². The first-order valence-corrected chi connectivity index (χ1v) is 11.9. The van der Waals surface area contributed by atoms with Crippen LogP contribution in [-0.4, -0.2) is 59.1 Å². The Bertz CT molecular complexity index is 1090. The molecule has 1 amide bonds. The summed E-state index contributed by atoms with van der Waals surface area (Å²) in [6.07, 6.45) is 1.99. The molecule has 4 rings (SSSR count). The summed E-state index contributed by atoms with van der Waals surface area (Å²) in [5.41, 5.74) is 2.10. The normalized spacial score (nSPS) is 14.7. The molecule has 0 aliphatic carbocycles. The van der Waals surface area contributed by atoms with Crippen LogP contribution in [0.25, 0.3) is 11.0 Å². The summed E-state index contributed by atoms with van der Waals surface area (Å²) in [5.74, 6) is 1.69. The van der Waals surface area contributed by atoms with Gasteiger partial charge in [-0.3, -0.25) is 14.5 Å². The highest BCUT2D eigenvalue weighted by Gasteiger charge is 2.23. The van der Waals surface area contributed by atoms with Crippen LogP contribution in [0.2, 0.25) is 0 Å². The summed E-state index contributed by atoms with van der Waals surface area (Å²) in [7, 11) is 0. The lowest BCUT2D eigenvalue weighted by Gasteiger charge is -2.32. The third-order valence-electron chi connectivity index (χ3n) is 6.10. The third-order valence-corrected chi connectivity index (χ3v) is 6.10. The number of hydrogen-bond donors (Lipinski definition) is 1. The smallest absolute Gasteiger partial charge is 0.325 e. The summed E-state index contributed by atoms with van der Waals surface area (Å²) in [6.45, 7) is 5.26. The Kier molecular flexibility index (Phi) is 8.14. The minimum absolute atomic E-state index is 0.0787. The van der Waals surface area contributed by atoms with Crippen molar-refractivity contribution < 1.29 is 19.1 Å². The average molecular weight is 465 g/mol. The molecule has 3 aromatic rings. The first-order valence-electron chi connectivity index (χ1n) is 11.9. The fourth-order valence-corrected chi connectivity index (χ4v) is 4.33. The Labute approximate surface area is 199 Å². The van der Waals surface area contributed by atoms with Gasteiger partial charge in [0.2, 0.25) is 5.91 Å². The minimum atomic E-state index is -0.408. The van der Waals surface area contributed by atoms with E-state index < -0.39 is 5.97 Å². The molecule has 180 valence electrons. The number of likely N-dealkylation sites (tertiary alicyclic amines) is 1. The standard InChI is InChI=1S/C26H32N4O4/c1-2-33-26(32)16-27-25(31)18-29-14-12-20(13-15-29)17-30-23-11-7-6-10-22(23)28-24(30)19-34-21-8-4-3-5-9-21/h3-11,20H,2,12-19H2,1H3,(H,27,31). The number of esters is 1. The van der Waals surface area contributed by atoms with Crippen molar-refractivity contribution >= 4 is 22.9 Å². The first kappa shape index (κ1) is 23.8. The average Bonchev–Trinajstić information content (AvgIpc) is 3.21. The molecule has 2 heterocycles. The summed E-state index contributed by atoms with van der Waals surface area (Å²) in [4.78, 5) is 30.5. The van der Waals surface area contributed by atoms with E-state index in [1.807, 2.05) is 48.5 Å². The van der Waals surface area contributed by atoms with Gasteiger partial charge in [0, 0.05) is 6.54 Å². The van der Waals surface area contributed by atoms with Crippen molar-refractivity contribution in [2.45, 2.75) is 32.9 Å². The molecule has 1 N–H and O–H groups in total. The van der Waals surface area contributed by atoms with E-state index in [1.54, 1.807) is 6.92 Å². The largest absolute Gasteiger partial charge is 0.486 e. The number of nitrogens with zero attached hydrogens (tertiary/aromatic N) is 3. The van der Waals surface area contributed by atoms with Crippen molar-refractivity contribution in [1.29, 1.82) is 0 Å². The fraction of sp³-hybridized carbons (Fsp3) is 0.423. The second kappa shape index (κ2) is 11.7. The minimum Gasteiger partial charge on any atom is -0.486 e. The number of ether oxygens (including phenoxy) is 2. The Balaban J connectivity index is 1.32. The summed E-state index contributed by atoms with van der Waals surface area (Å²) in [6, 6.07) is 18.0. The van der Waals surface area contributed by atoms with Crippen LogP contribution in [0.3, 0.4) is 0 Å². The molecule has 0 saturated carbocycles. The highest BCUT2D eigenvalue weighted by Crippen LogP contribution is 2.24. The maximum Gasteiger partial charge on any atom is 0.325 e. The van der Waals surface area contributed by atoms with E-state index in [-0.39, 0.29) is 12.5 Å². The van der Waals surface area contributed by atoms with E-state index in [1.165, 1.54) is 0 Å².